The summed E-state index contributed by atoms with van der Waals surface area (Å²) in [7, 11) is 0. The highest BCUT2D eigenvalue weighted by Gasteiger charge is 2.39. The van der Waals surface area contributed by atoms with Gasteiger partial charge >= 0.3 is 0 Å². The smallest absolute Gasteiger partial charge is 0.170 e. The molecule has 104 valence electrons. The maximum atomic E-state index is 13.1. The number of hydrogen-bond acceptors (Lipinski definition) is 3. The van der Waals surface area contributed by atoms with E-state index in [1.807, 2.05) is 0 Å². The molecule has 3 rings (SSSR count). The van der Waals surface area contributed by atoms with Gasteiger partial charge < -0.3 is 9.47 Å². The Morgan fingerprint density at radius 1 is 1.21 bits per heavy atom. The van der Waals surface area contributed by atoms with E-state index in [1.54, 1.807) is 12.1 Å². The van der Waals surface area contributed by atoms with Gasteiger partial charge in [-0.05, 0) is 17.7 Å². The van der Waals surface area contributed by atoms with Gasteiger partial charge in [0.05, 0.1) is 18.2 Å². The Kier molecular flexibility index (Phi) is 3.76. The van der Waals surface area contributed by atoms with Crippen molar-refractivity contribution >= 4 is 11.6 Å². The lowest BCUT2D eigenvalue weighted by Gasteiger charge is -2.37. The van der Waals surface area contributed by atoms with Crippen molar-refractivity contribution in [2.24, 2.45) is 0 Å². The van der Waals surface area contributed by atoms with E-state index in [2.05, 4.69) is 4.90 Å². The molecule has 0 aromatic heterocycles. The number of hydrogen-bond donors (Lipinski definition) is 0. The molecular formula is C14H17ClFNO2. The van der Waals surface area contributed by atoms with Gasteiger partial charge in [0, 0.05) is 32.5 Å². The van der Waals surface area contributed by atoms with Crippen LogP contribution in [0.4, 0.5) is 4.39 Å². The topological polar surface area (TPSA) is 21.7 Å². The number of ether oxygens (including phenoxy) is 2. The van der Waals surface area contributed by atoms with Crippen molar-refractivity contribution in [1.29, 1.82) is 0 Å². The number of likely N-dealkylation sites (tertiary alicyclic amines) is 1. The molecule has 2 aliphatic heterocycles. The second-order valence-corrected chi connectivity index (χ2v) is 5.54. The van der Waals surface area contributed by atoms with Crippen LogP contribution in [-0.4, -0.2) is 37.0 Å². The fourth-order valence-electron chi connectivity index (χ4n) is 2.73. The molecule has 0 aliphatic carbocycles. The zero-order valence-electron chi connectivity index (χ0n) is 10.7. The molecule has 2 saturated heterocycles. The Labute approximate surface area is 117 Å². The summed E-state index contributed by atoms with van der Waals surface area (Å²) in [5.41, 5.74) is 1.04. The molecule has 0 bridgehead atoms. The Hall–Kier alpha value is -0.680. The quantitative estimate of drug-likeness (QED) is 0.834. The first-order chi connectivity index (χ1) is 9.17. The van der Waals surface area contributed by atoms with Gasteiger partial charge in [-0.2, -0.15) is 0 Å². The van der Waals surface area contributed by atoms with Crippen molar-refractivity contribution in [2.75, 3.05) is 26.3 Å². The summed E-state index contributed by atoms with van der Waals surface area (Å²) < 4.78 is 24.5. The maximum absolute atomic E-state index is 13.1. The molecule has 0 atom stereocenters. The summed E-state index contributed by atoms with van der Waals surface area (Å²) in [5.74, 6) is -0.701. The fourth-order valence-corrected chi connectivity index (χ4v) is 2.94. The van der Waals surface area contributed by atoms with Crippen molar-refractivity contribution in [3.05, 3.63) is 34.6 Å². The molecule has 0 amide bonds. The van der Waals surface area contributed by atoms with Crippen LogP contribution in [-0.2, 0) is 16.0 Å². The van der Waals surface area contributed by atoms with Gasteiger partial charge in [0.1, 0.15) is 5.82 Å². The maximum Gasteiger partial charge on any atom is 0.170 e. The van der Waals surface area contributed by atoms with E-state index in [1.165, 1.54) is 6.07 Å². The first-order valence-electron chi connectivity index (χ1n) is 6.61. The van der Waals surface area contributed by atoms with Crippen molar-refractivity contribution in [1.82, 2.24) is 4.90 Å². The van der Waals surface area contributed by atoms with Gasteiger partial charge in [-0.3, -0.25) is 4.90 Å². The standard InChI is InChI=1S/C14H17ClFNO2/c15-12-9-11(1-2-13(12)16)10-17-5-3-14(4-6-17)18-7-8-19-14/h1-2,9H,3-8,10H2. The summed E-state index contributed by atoms with van der Waals surface area (Å²) in [5, 5.41) is 0.188. The van der Waals surface area contributed by atoms with Gasteiger partial charge in [-0.25, -0.2) is 4.39 Å². The van der Waals surface area contributed by atoms with E-state index in [9.17, 15) is 4.39 Å². The van der Waals surface area contributed by atoms with Crippen LogP contribution in [0, 0.1) is 5.82 Å². The second kappa shape index (κ2) is 5.37. The number of rotatable bonds is 2. The van der Waals surface area contributed by atoms with Crippen LogP contribution in [0.2, 0.25) is 5.02 Å². The minimum Gasteiger partial charge on any atom is -0.347 e. The van der Waals surface area contributed by atoms with Crippen LogP contribution in [0.25, 0.3) is 0 Å². The first-order valence-corrected chi connectivity index (χ1v) is 6.99. The minimum absolute atomic E-state index is 0.188. The minimum atomic E-state index is -0.365. The average molecular weight is 286 g/mol. The van der Waals surface area contributed by atoms with E-state index < -0.39 is 0 Å². The lowest BCUT2D eigenvalue weighted by Crippen LogP contribution is -2.44. The third-order valence-corrected chi connectivity index (χ3v) is 4.11. The predicted octanol–water partition coefficient (Wildman–Crippen LogP) is 2.82. The van der Waals surface area contributed by atoms with E-state index in [0.29, 0.717) is 13.2 Å². The van der Waals surface area contributed by atoms with Crippen LogP contribution in [0.3, 0.4) is 0 Å². The lowest BCUT2D eigenvalue weighted by molar-refractivity contribution is -0.185. The van der Waals surface area contributed by atoms with Crippen LogP contribution >= 0.6 is 11.6 Å². The number of piperidine rings is 1. The summed E-state index contributed by atoms with van der Waals surface area (Å²) >= 11 is 5.80. The van der Waals surface area contributed by atoms with Crippen LogP contribution in [0.15, 0.2) is 18.2 Å². The Morgan fingerprint density at radius 3 is 2.53 bits per heavy atom. The van der Waals surface area contributed by atoms with Crippen molar-refractivity contribution < 1.29 is 13.9 Å². The molecule has 3 nitrogen and oxygen atoms in total. The van der Waals surface area contributed by atoms with Gasteiger partial charge in [-0.15, -0.1) is 0 Å². The normalized spacial score (nSPS) is 23.1. The molecule has 0 unspecified atom stereocenters. The SMILES string of the molecule is Fc1ccc(CN2CCC3(CC2)OCCO3)cc1Cl. The van der Waals surface area contributed by atoms with E-state index in [4.69, 9.17) is 21.1 Å². The molecular weight excluding hydrogens is 269 g/mol. The largest absolute Gasteiger partial charge is 0.347 e. The average Bonchev–Trinajstić information content (AvgIpc) is 2.86. The summed E-state index contributed by atoms with van der Waals surface area (Å²) in [6.07, 6.45) is 1.78. The van der Waals surface area contributed by atoms with Gasteiger partial charge in [0.2, 0.25) is 0 Å². The molecule has 1 aromatic carbocycles. The molecule has 2 fully saturated rings. The summed E-state index contributed by atoms with van der Waals surface area (Å²) in [6.45, 7) is 4.04. The van der Waals surface area contributed by atoms with Crippen molar-refractivity contribution in [2.45, 2.75) is 25.2 Å². The Balaban J connectivity index is 1.58. The third-order valence-electron chi connectivity index (χ3n) is 3.82. The number of halogens is 2. The molecule has 2 heterocycles. The zero-order chi connectivity index (χ0) is 13.3. The zero-order valence-corrected chi connectivity index (χ0v) is 11.5. The fraction of sp³-hybridized carbons (Fsp3) is 0.571. The third kappa shape index (κ3) is 2.92. The summed E-state index contributed by atoms with van der Waals surface area (Å²) in [4.78, 5) is 2.32. The van der Waals surface area contributed by atoms with Crippen LogP contribution in [0.5, 0.6) is 0 Å². The monoisotopic (exact) mass is 285 g/mol. The van der Waals surface area contributed by atoms with Crippen molar-refractivity contribution in [3.63, 3.8) is 0 Å². The lowest BCUT2D eigenvalue weighted by atomic mass is 10.0. The first kappa shape index (κ1) is 13.3. The second-order valence-electron chi connectivity index (χ2n) is 5.13. The Bertz CT molecular complexity index is 453. The molecule has 0 N–H and O–H groups in total. The molecule has 1 aromatic rings. The Morgan fingerprint density at radius 2 is 1.89 bits per heavy atom. The molecule has 0 saturated carbocycles. The number of nitrogens with zero attached hydrogens (tertiary/aromatic N) is 1. The molecule has 19 heavy (non-hydrogen) atoms. The summed E-state index contributed by atoms with van der Waals surface area (Å²) in [6, 6.07) is 4.91. The molecule has 0 radical (unpaired) electrons. The molecule has 1 spiro atoms. The van der Waals surface area contributed by atoms with Gasteiger partial charge in [0.15, 0.2) is 5.79 Å². The highest BCUT2D eigenvalue weighted by atomic mass is 35.5. The van der Waals surface area contributed by atoms with E-state index in [0.717, 1.165) is 38.0 Å². The number of benzene rings is 1. The predicted molar refractivity (Wildman–Crippen MR) is 70.6 cm³/mol. The van der Waals surface area contributed by atoms with Crippen molar-refractivity contribution in [3.8, 4) is 0 Å². The van der Waals surface area contributed by atoms with Crippen LogP contribution < -0.4 is 0 Å². The van der Waals surface area contributed by atoms with E-state index >= 15 is 0 Å². The molecule has 2 aliphatic rings. The molecule has 5 heteroatoms. The highest BCUT2D eigenvalue weighted by molar-refractivity contribution is 6.30. The van der Waals surface area contributed by atoms with Gasteiger partial charge in [0.25, 0.3) is 0 Å². The van der Waals surface area contributed by atoms with Crippen LogP contribution in [0.1, 0.15) is 18.4 Å². The van der Waals surface area contributed by atoms with E-state index in [-0.39, 0.29) is 16.6 Å². The van der Waals surface area contributed by atoms with Gasteiger partial charge in [-0.1, -0.05) is 17.7 Å². The highest BCUT2D eigenvalue weighted by Crippen LogP contribution is 2.31.